The fourth-order valence-electron chi connectivity index (χ4n) is 1.80. The Hall–Kier alpha value is -1.65. The van der Waals surface area contributed by atoms with Gasteiger partial charge in [-0.25, -0.2) is 13.1 Å². The summed E-state index contributed by atoms with van der Waals surface area (Å²) in [7, 11) is -3.45. The van der Waals surface area contributed by atoms with Gasteiger partial charge in [0.25, 0.3) is 0 Å². The van der Waals surface area contributed by atoms with Gasteiger partial charge < -0.3 is 9.73 Å². The molecule has 0 saturated carbocycles. The fourth-order valence-corrected chi connectivity index (χ4v) is 3.14. The first-order valence-electron chi connectivity index (χ1n) is 7.17. The molecule has 0 unspecified atom stereocenters. The Bertz CT molecular complexity index is 800. The average molecular weight is 460 g/mol. The number of furan rings is 1. The Balaban J connectivity index is 1.72. The molecule has 2 N–H and O–H groups in total. The highest BCUT2D eigenvalue weighted by Gasteiger charge is 2.10. The van der Waals surface area contributed by atoms with E-state index in [4.69, 9.17) is 4.42 Å². The van der Waals surface area contributed by atoms with Gasteiger partial charge in [-0.2, -0.15) is 0 Å². The van der Waals surface area contributed by atoms with Crippen molar-refractivity contribution in [3.8, 4) is 0 Å². The molecule has 1 aromatic heterocycles. The van der Waals surface area contributed by atoms with Crippen LogP contribution in [0.1, 0.15) is 11.3 Å². The number of amides is 1. The lowest BCUT2D eigenvalue weighted by Crippen LogP contribution is -2.33. The predicted octanol–water partition coefficient (Wildman–Crippen LogP) is 2.13. The van der Waals surface area contributed by atoms with Gasteiger partial charge in [-0.15, -0.1) is 0 Å². The minimum absolute atomic E-state index is 0.0307. The number of carbonyl (C=O) groups is 1. The van der Waals surface area contributed by atoms with Crippen LogP contribution in [-0.2, 0) is 21.4 Å². The van der Waals surface area contributed by atoms with Gasteiger partial charge in [0.15, 0.2) is 3.77 Å². The highest BCUT2D eigenvalue weighted by atomic mass is 127. The molecule has 0 aliphatic carbocycles. The van der Waals surface area contributed by atoms with Crippen molar-refractivity contribution in [1.29, 1.82) is 0 Å². The van der Waals surface area contributed by atoms with Crippen LogP contribution >= 0.6 is 22.6 Å². The molecule has 2 rings (SSSR count). The summed E-state index contributed by atoms with van der Waals surface area (Å²) in [4.78, 5) is 11.6. The zero-order chi connectivity index (χ0) is 17.4. The zero-order valence-electron chi connectivity index (χ0n) is 12.7. The van der Waals surface area contributed by atoms with E-state index in [0.717, 1.165) is 9.33 Å². The molecule has 1 aromatic carbocycles. The molecule has 0 saturated heterocycles. The maximum Gasteiger partial charge on any atom is 0.244 e. The topological polar surface area (TPSA) is 88.4 Å². The van der Waals surface area contributed by atoms with Gasteiger partial charge in [0.1, 0.15) is 5.76 Å². The van der Waals surface area contributed by atoms with Crippen LogP contribution in [0.5, 0.6) is 0 Å². The third kappa shape index (κ3) is 6.85. The predicted molar refractivity (Wildman–Crippen MR) is 101 cm³/mol. The summed E-state index contributed by atoms with van der Waals surface area (Å²) in [6.07, 6.45) is 2.83. The number of rotatable bonds is 8. The Morgan fingerprint density at radius 1 is 1.17 bits per heavy atom. The van der Waals surface area contributed by atoms with Crippen molar-refractivity contribution in [3.63, 3.8) is 0 Å². The van der Waals surface area contributed by atoms with E-state index in [0.29, 0.717) is 5.76 Å². The third-order valence-corrected chi connectivity index (χ3v) is 4.91. The minimum Gasteiger partial charge on any atom is -0.451 e. The van der Waals surface area contributed by atoms with Crippen LogP contribution in [0.3, 0.4) is 0 Å². The smallest absolute Gasteiger partial charge is 0.244 e. The van der Waals surface area contributed by atoms with Crippen LogP contribution in [0.2, 0.25) is 0 Å². The van der Waals surface area contributed by atoms with E-state index in [1.165, 1.54) is 12.2 Å². The summed E-state index contributed by atoms with van der Waals surface area (Å²) < 4.78 is 32.2. The van der Waals surface area contributed by atoms with Crippen molar-refractivity contribution in [3.05, 3.63) is 63.6 Å². The summed E-state index contributed by atoms with van der Waals surface area (Å²) in [5.41, 5.74) is 0.876. The lowest BCUT2D eigenvalue weighted by Gasteiger charge is -2.07. The molecule has 6 nitrogen and oxygen atoms in total. The molecule has 1 amide bonds. The number of sulfonamides is 1. The summed E-state index contributed by atoms with van der Waals surface area (Å²) in [5.74, 6) is 0.00397. The number of hydrogen-bond donors (Lipinski definition) is 2. The molecule has 0 radical (unpaired) electrons. The Morgan fingerprint density at radius 3 is 2.58 bits per heavy atom. The zero-order valence-corrected chi connectivity index (χ0v) is 15.7. The molecule has 24 heavy (non-hydrogen) atoms. The Labute approximate surface area is 154 Å². The number of nitrogens with one attached hydrogen (secondary N) is 2. The van der Waals surface area contributed by atoms with E-state index in [2.05, 4.69) is 10.0 Å². The summed E-state index contributed by atoms with van der Waals surface area (Å²) >= 11 is 2.03. The molecular weight excluding hydrogens is 443 g/mol. The quantitative estimate of drug-likeness (QED) is 0.467. The van der Waals surface area contributed by atoms with Crippen molar-refractivity contribution in [2.75, 3.05) is 12.3 Å². The van der Waals surface area contributed by atoms with E-state index in [1.54, 1.807) is 12.1 Å². The van der Waals surface area contributed by atoms with E-state index < -0.39 is 10.0 Å². The average Bonchev–Trinajstić information content (AvgIpc) is 2.97. The highest BCUT2D eigenvalue weighted by molar-refractivity contribution is 14.1. The first-order valence-corrected chi connectivity index (χ1v) is 9.90. The maximum atomic E-state index is 11.9. The van der Waals surface area contributed by atoms with Crippen LogP contribution in [0.25, 0.3) is 6.08 Å². The minimum atomic E-state index is -3.45. The van der Waals surface area contributed by atoms with E-state index >= 15 is 0 Å². The normalized spacial score (nSPS) is 11.7. The Morgan fingerprint density at radius 2 is 1.92 bits per heavy atom. The first kappa shape index (κ1) is 18.7. The van der Waals surface area contributed by atoms with Crippen LogP contribution in [0.4, 0.5) is 0 Å². The second-order valence-electron chi connectivity index (χ2n) is 4.89. The van der Waals surface area contributed by atoms with Crippen molar-refractivity contribution >= 4 is 44.6 Å². The van der Waals surface area contributed by atoms with Gasteiger partial charge >= 0.3 is 0 Å². The molecule has 0 atom stereocenters. The molecule has 0 fully saturated rings. The SMILES string of the molecule is O=C(/C=C/c1ccc(I)o1)NCCS(=O)(=O)NCc1ccccc1. The van der Waals surface area contributed by atoms with E-state index in [-0.39, 0.29) is 24.7 Å². The van der Waals surface area contributed by atoms with Crippen LogP contribution in [0.15, 0.2) is 53.0 Å². The summed E-state index contributed by atoms with van der Waals surface area (Å²) in [5, 5.41) is 2.53. The first-order chi connectivity index (χ1) is 11.4. The maximum absolute atomic E-state index is 11.9. The second-order valence-corrected chi connectivity index (χ2v) is 7.88. The molecule has 0 aliphatic rings. The lowest BCUT2D eigenvalue weighted by atomic mass is 10.2. The summed E-state index contributed by atoms with van der Waals surface area (Å²) in [6, 6.07) is 12.7. The molecule has 128 valence electrons. The van der Waals surface area contributed by atoms with Gasteiger partial charge in [0.2, 0.25) is 15.9 Å². The van der Waals surface area contributed by atoms with Crippen molar-refractivity contribution in [2.45, 2.75) is 6.54 Å². The Kier molecular flexibility index (Phi) is 7.00. The highest BCUT2D eigenvalue weighted by Crippen LogP contribution is 2.11. The number of hydrogen-bond acceptors (Lipinski definition) is 4. The van der Waals surface area contributed by atoms with E-state index in [1.807, 2.05) is 52.9 Å². The molecule has 1 heterocycles. The molecule has 2 aromatic rings. The van der Waals surface area contributed by atoms with Crippen molar-refractivity contribution < 1.29 is 17.6 Å². The summed E-state index contributed by atoms with van der Waals surface area (Å²) in [6.45, 7) is 0.261. The van der Waals surface area contributed by atoms with Crippen molar-refractivity contribution in [2.24, 2.45) is 0 Å². The monoisotopic (exact) mass is 460 g/mol. The van der Waals surface area contributed by atoms with Gasteiger partial charge in [-0.05, 0) is 46.4 Å². The second kappa shape index (κ2) is 9.00. The standard InChI is InChI=1S/C16H17IN2O4S/c17-15-8-6-14(23-15)7-9-16(20)18-10-11-24(21,22)19-12-13-4-2-1-3-5-13/h1-9,19H,10-12H2,(H,18,20)/b9-7+. The molecule has 0 aliphatic heterocycles. The molecule has 8 heteroatoms. The number of carbonyl (C=O) groups excluding carboxylic acids is 1. The van der Waals surface area contributed by atoms with Gasteiger partial charge in [-0.3, -0.25) is 4.79 Å². The van der Waals surface area contributed by atoms with Gasteiger partial charge in [0, 0.05) is 19.2 Å². The van der Waals surface area contributed by atoms with Gasteiger partial charge in [-0.1, -0.05) is 30.3 Å². The lowest BCUT2D eigenvalue weighted by molar-refractivity contribution is -0.116. The van der Waals surface area contributed by atoms with Crippen molar-refractivity contribution in [1.82, 2.24) is 10.0 Å². The molecular formula is C16H17IN2O4S. The number of benzene rings is 1. The van der Waals surface area contributed by atoms with Crippen LogP contribution in [0, 0.1) is 3.77 Å². The molecule has 0 bridgehead atoms. The number of halogens is 1. The van der Waals surface area contributed by atoms with Gasteiger partial charge in [0.05, 0.1) is 5.75 Å². The van der Waals surface area contributed by atoms with E-state index in [9.17, 15) is 13.2 Å². The van der Waals surface area contributed by atoms with Crippen LogP contribution in [-0.4, -0.2) is 26.6 Å². The van der Waals surface area contributed by atoms with Crippen LogP contribution < -0.4 is 10.0 Å². The molecule has 0 spiro atoms. The largest absolute Gasteiger partial charge is 0.451 e. The fraction of sp³-hybridized carbons (Fsp3) is 0.188. The third-order valence-electron chi connectivity index (χ3n) is 3.00.